The van der Waals surface area contributed by atoms with Gasteiger partial charge in [-0.15, -0.1) is 0 Å². The number of rotatable bonds is 9. The van der Waals surface area contributed by atoms with E-state index in [1.54, 1.807) is 18.3 Å². The predicted molar refractivity (Wildman–Crippen MR) is 122 cm³/mol. The minimum Gasteiger partial charge on any atom is -0.346 e. The van der Waals surface area contributed by atoms with E-state index in [1.165, 1.54) is 4.90 Å². The van der Waals surface area contributed by atoms with E-state index >= 15 is 8.78 Å². The van der Waals surface area contributed by atoms with E-state index in [9.17, 15) is 13.2 Å². The molecule has 176 valence electrons. The summed E-state index contributed by atoms with van der Waals surface area (Å²) in [5, 5.41) is 9.51. The van der Waals surface area contributed by atoms with Crippen molar-refractivity contribution in [2.24, 2.45) is 5.41 Å². The largest absolute Gasteiger partial charge is 0.346 e. The fraction of sp³-hybridized carbons (Fsp3) is 0.348. The molecule has 5 rings (SSSR count). The number of hydrogen-bond donors (Lipinski definition) is 2. The zero-order chi connectivity index (χ0) is 24.1. The highest BCUT2D eigenvalue weighted by Gasteiger charge is 2.46. The molecule has 34 heavy (non-hydrogen) atoms. The molecule has 2 aliphatic rings. The van der Waals surface area contributed by atoms with Crippen LogP contribution >= 0.6 is 0 Å². The lowest BCUT2D eigenvalue weighted by molar-refractivity contribution is -0.107. The number of aromatic amines is 1. The number of fused-ring (bicyclic) bond motifs is 1. The van der Waals surface area contributed by atoms with Crippen LogP contribution in [0.3, 0.4) is 0 Å². The Balaban J connectivity index is 1.50. The summed E-state index contributed by atoms with van der Waals surface area (Å²) in [6, 6.07) is 7.43. The Morgan fingerprint density at radius 3 is 2.56 bits per heavy atom. The molecule has 0 unspecified atom stereocenters. The molecule has 0 aliphatic heterocycles. The van der Waals surface area contributed by atoms with Crippen molar-refractivity contribution >= 4 is 39.0 Å². The lowest BCUT2D eigenvalue weighted by Gasteiger charge is -2.18. The van der Waals surface area contributed by atoms with Crippen LogP contribution in [0.5, 0.6) is 0 Å². The van der Waals surface area contributed by atoms with Gasteiger partial charge in [0.25, 0.3) is 0 Å². The number of amides is 1. The standard InChI is InChI=1S/C23H21F2N5O3S/c24-18-9-14(10-19(25)21(18)29-34(32,33)12-23(4-5-23)6-7-26)17-11-20(30(13-31)15-1-2-15)28-22-16(17)3-8-27-22/h3,8-11,13,15,29H,1-2,4-6,12H2,(H,27,28). The molecule has 8 nitrogen and oxygen atoms in total. The normalized spacial score (nSPS) is 16.7. The third-order valence-corrected chi connectivity index (χ3v) is 7.86. The van der Waals surface area contributed by atoms with E-state index in [0.29, 0.717) is 41.7 Å². The lowest BCUT2D eigenvalue weighted by Crippen LogP contribution is -2.24. The second-order valence-corrected chi connectivity index (χ2v) is 10.7. The highest BCUT2D eigenvalue weighted by molar-refractivity contribution is 7.92. The molecule has 1 amide bonds. The van der Waals surface area contributed by atoms with Crippen molar-refractivity contribution in [3.05, 3.63) is 42.1 Å². The quantitative estimate of drug-likeness (QED) is 0.443. The number of halogens is 2. The number of sulfonamides is 1. The van der Waals surface area contributed by atoms with Crippen molar-refractivity contribution in [2.45, 2.75) is 38.1 Å². The summed E-state index contributed by atoms with van der Waals surface area (Å²) in [6.07, 6.45) is 5.28. The van der Waals surface area contributed by atoms with Gasteiger partial charge in [0.15, 0.2) is 11.6 Å². The minimum atomic E-state index is -4.07. The fourth-order valence-corrected chi connectivity index (χ4v) is 5.99. The monoisotopic (exact) mass is 485 g/mol. The molecule has 0 radical (unpaired) electrons. The molecular formula is C23H21F2N5O3S. The minimum absolute atomic E-state index is 0.0475. The predicted octanol–water partition coefficient (Wildman–Crippen LogP) is 4.07. The topological polar surface area (TPSA) is 119 Å². The zero-order valence-electron chi connectivity index (χ0n) is 18.0. The molecular weight excluding hydrogens is 464 g/mol. The van der Waals surface area contributed by atoms with Crippen LogP contribution in [-0.4, -0.2) is 36.6 Å². The van der Waals surface area contributed by atoms with Crippen LogP contribution in [-0.2, 0) is 14.8 Å². The third kappa shape index (κ3) is 4.21. The molecule has 0 atom stereocenters. The fourth-order valence-electron chi connectivity index (χ4n) is 4.21. The van der Waals surface area contributed by atoms with Gasteiger partial charge in [-0.1, -0.05) is 0 Å². The first-order valence-electron chi connectivity index (χ1n) is 10.8. The Kier molecular flexibility index (Phi) is 5.28. The zero-order valence-corrected chi connectivity index (χ0v) is 18.8. The van der Waals surface area contributed by atoms with Crippen LogP contribution in [0.2, 0.25) is 0 Å². The lowest BCUT2D eigenvalue weighted by atomic mass is 10.0. The highest BCUT2D eigenvalue weighted by atomic mass is 32.2. The number of H-pyrrole nitrogens is 1. The Labute approximate surface area is 194 Å². The van der Waals surface area contributed by atoms with Crippen molar-refractivity contribution in [3.8, 4) is 17.2 Å². The van der Waals surface area contributed by atoms with Gasteiger partial charge in [0.1, 0.15) is 17.2 Å². The maximum absolute atomic E-state index is 15.0. The summed E-state index contributed by atoms with van der Waals surface area (Å²) >= 11 is 0. The maximum Gasteiger partial charge on any atom is 0.233 e. The van der Waals surface area contributed by atoms with E-state index in [2.05, 4.69) is 9.97 Å². The Morgan fingerprint density at radius 2 is 1.97 bits per heavy atom. The van der Waals surface area contributed by atoms with Gasteiger partial charge in [-0.3, -0.25) is 14.4 Å². The van der Waals surface area contributed by atoms with Gasteiger partial charge in [0.2, 0.25) is 16.4 Å². The van der Waals surface area contributed by atoms with E-state index in [-0.39, 0.29) is 23.8 Å². The van der Waals surface area contributed by atoms with Crippen LogP contribution in [0.15, 0.2) is 30.5 Å². The van der Waals surface area contributed by atoms with E-state index in [4.69, 9.17) is 5.26 Å². The first-order chi connectivity index (χ1) is 16.2. The Hall–Kier alpha value is -3.52. The van der Waals surface area contributed by atoms with Gasteiger partial charge in [0.05, 0.1) is 11.8 Å². The Bertz CT molecular complexity index is 1420. The first-order valence-corrected chi connectivity index (χ1v) is 12.5. The van der Waals surface area contributed by atoms with E-state index < -0.39 is 32.8 Å². The summed E-state index contributed by atoms with van der Waals surface area (Å²) in [5.41, 5.74) is -0.323. The molecule has 0 bridgehead atoms. The second kappa shape index (κ2) is 8.06. The van der Waals surface area contributed by atoms with Crippen LogP contribution < -0.4 is 9.62 Å². The highest BCUT2D eigenvalue weighted by Crippen LogP contribution is 2.49. The summed E-state index contributed by atoms with van der Waals surface area (Å²) in [4.78, 5) is 20.5. The third-order valence-electron chi connectivity index (χ3n) is 6.35. The summed E-state index contributed by atoms with van der Waals surface area (Å²) in [7, 11) is -4.07. The average Bonchev–Trinajstić information content (AvgIpc) is 3.70. The van der Waals surface area contributed by atoms with Crippen molar-refractivity contribution in [3.63, 3.8) is 0 Å². The number of anilines is 2. The maximum atomic E-state index is 15.0. The Morgan fingerprint density at radius 1 is 1.26 bits per heavy atom. The summed E-state index contributed by atoms with van der Waals surface area (Å²) in [6.45, 7) is 0. The van der Waals surface area contributed by atoms with Gasteiger partial charge in [-0.05, 0) is 66.5 Å². The number of hydrogen-bond acceptors (Lipinski definition) is 5. The molecule has 2 N–H and O–H groups in total. The number of carbonyl (C=O) groups excluding carboxylic acids is 1. The summed E-state index contributed by atoms with van der Waals surface area (Å²) < 4.78 is 57.1. The molecule has 2 heterocycles. The smallest absolute Gasteiger partial charge is 0.233 e. The number of nitrogens with one attached hydrogen (secondary N) is 2. The first kappa shape index (κ1) is 22.3. The van der Waals surface area contributed by atoms with Crippen LogP contribution in [0.1, 0.15) is 32.1 Å². The molecule has 3 aromatic rings. The van der Waals surface area contributed by atoms with Crippen LogP contribution in [0.4, 0.5) is 20.3 Å². The molecule has 2 saturated carbocycles. The van der Waals surface area contributed by atoms with E-state index in [0.717, 1.165) is 25.0 Å². The van der Waals surface area contributed by atoms with Gasteiger partial charge in [0, 0.05) is 24.0 Å². The van der Waals surface area contributed by atoms with Crippen molar-refractivity contribution in [1.82, 2.24) is 9.97 Å². The number of pyridine rings is 1. The van der Waals surface area contributed by atoms with Gasteiger partial charge in [-0.2, -0.15) is 5.26 Å². The molecule has 1 aromatic carbocycles. The molecule has 2 fully saturated rings. The van der Waals surface area contributed by atoms with E-state index in [1.807, 2.05) is 10.8 Å². The second-order valence-electron chi connectivity index (χ2n) is 9.02. The number of nitrogens with zero attached hydrogens (tertiary/aromatic N) is 3. The van der Waals surface area contributed by atoms with Crippen LogP contribution in [0, 0.1) is 28.4 Å². The van der Waals surface area contributed by atoms with Gasteiger partial charge >= 0.3 is 0 Å². The average molecular weight is 486 g/mol. The number of benzene rings is 1. The molecule has 2 aromatic heterocycles. The molecule has 11 heteroatoms. The number of carbonyl (C=O) groups is 1. The molecule has 0 saturated heterocycles. The van der Waals surface area contributed by atoms with Crippen molar-refractivity contribution < 1.29 is 22.0 Å². The van der Waals surface area contributed by atoms with Crippen molar-refractivity contribution in [1.29, 1.82) is 5.26 Å². The van der Waals surface area contributed by atoms with Crippen LogP contribution in [0.25, 0.3) is 22.2 Å². The number of nitriles is 1. The molecule has 2 aliphatic carbocycles. The number of aromatic nitrogens is 2. The summed E-state index contributed by atoms with van der Waals surface area (Å²) in [5.74, 6) is -2.14. The van der Waals surface area contributed by atoms with Gasteiger partial charge in [-0.25, -0.2) is 22.2 Å². The SMILES string of the molecule is N#CCC1(CS(=O)(=O)Nc2c(F)cc(-c3cc(N(C=O)C4CC4)nc4[nH]ccc34)cc2F)CC1. The molecule has 0 spiro atoms. The van der Waals surface area contributed by atoms with Gasteiger partial charge < -0.3 is 4.98 Å². The van der Waals surface area contributed by atoms with Crippen molar-refractivity contribution in [2.75, 3.05) is 15.4 Å².